The number of rotatable bonds is 4. The van der Waals surface area contributed by atoms with Crippen LogP contribution in [0.1, 0.15) is 53.3 Å². The van der Waals surface area contributed by atoms with Gasteiger partial charge < -0.3 is 4.90 Å². The Hall–Kier alpha value is -3.28. The first-order chi connectivity index (χ1) is 14.6. The Morgan fingerprint density at radius 3 is 2.53 bits per heavy atom. The van der Waals surface area contributed by atoms with E-state index in [0.717, 1.165) is 36.8 Å². The van der Waals surface area contributed by atoms with Crippen LogP contribution in [0.5, 0.6) is 0 Å². The summed E-state index contributed by atoms with van der Waals surface area (Å²) in [6.07, 6.45) is 4.98. The molecule has 1 fully saturated rings. The van der Waals surface area contributed by atoms with Crippen LogP contribution >= 0.6 is 0 Å². The van der Waals surface area contributed by atoms with Gasteiger partial charge in [-0.2, -0.15) is 9.78 Å². The summed E-state index contributed by atoms with van der Waals surface area (Å²) in [6.45, 7) is 0. The molecule has 2 aliphatic rings. The maximum Gasteiger partial charge on any atom is 0.275 e. The van der Waals surface area contributed by atoms with Gasteiger partial charge >= 0.3 is 0 Å². The third kappa shape index (κ3) is 3.43. The van der Waals surface area contributed by atoms with Crippen molar-refractivity contribution in [3.63, 3.8) is 0 Å². The summed E-state index contributed by atoms with van der Waals surface area (Å²) in [4.78, 5) is 27.9. The van der Waals surface area contributed by atoms with E-state index in [1.165, 1.54) is 47.5 Å². The second-order valence-electron chi connectivity index (χ2n) is 8.00. The van der Waals surface area contributed by atoms with E-state index in [1.807, 2.05) is 17.0 Å². The summed E-state index contributed by atoms with van der Waals surface area (Å²) in [5.74, 6) is -0.551. The van der Waals surface area contributed by atoms with Gasteiger partial charge in [-0.25, -0.2) is 4.39 Å². The number of nitrogens with zero attached hydrogens (tertiary/aromatic N) is 3. The molecule has 152 valence electrons. The lowest BCUT2D eigenvalue weighted by Gasteiger charge is -2.36. The Balaban J connectivity index is 1.52. The molecule has 1 saturated carbocycles. The minimum Gasteiger partial charge on any atom is -0.327 e. The zero-order chi connectivity index (χ0) is 20.7. The van der Waals surface area contributed by atoms with Gasteiger partial charge in [0.2, 0.25) is 0 Å². The molecule has 0 spiro atoms. The van der Waals surface area contributed by atoms with Crippen LogP contribution in [0, 0.1) is 5.82 Å². The quantitative estimate of drug-likeness (QED) is 0.660. The van der Waals surface area contributed by atoms with Crippen LogP contribution in [0.25, 0.3) is 5.69 Å². The molecule has 30 heavy (non-hydrogen) atoms. The lowest BCUT2D eigenvalue weighted by Crippen LogP contribution is -2.39. The second kappa shape index (κ2) is 7.52. The molecule has 2 aliphatic carbocycles. The number of carbonyl (C=O) groups is 1. The zero-order valence-corrected chi connectivity index (χ0v) is 16.5. The average Bonchev–Trinajstić information content (AvgIpc) is 3.60. The van der Waals surface area contributed by atoms with Crippen LogP contribution in [0.15, 0.2) is 65.5 Å². The third-order valence-electron chi connectivity index (χ3n) is 5.94. The van der Waals surface area contributed by atoms with Gasteiger partial charge in [-0.15, -0.1) is 0 Å². The number of hydrogen-bond acceptors (Lipinski definition) is 3. The highest BCUT2D eigenvalue weighted by atomic mass is 19.1. The summed E-state index contributed by atoms with van der Waals surface area (Å²) in [5.41, 5.74) is 2.82. The molecular formula is C24H22FN3O2. The number of aryl methyl sites for hydroxylation is 1. The fraction of sp³-hybridized carbons (Fsp3) is 0.292. The lowest BCUT2D eigenvalue weighted by molar-refractivity contribution is 0.0629. The smallest absolute Gasteiger partial charge is 0.275 e. The molecule has 3 aromatic rings. The Kier molecular flexibility index (Phi) is 4.69. The second-order valence-corrected chi connectivity index (χ2v) is 8.00. The fourth-order valence-corrected chi connectivity index (χ4v) is 4.36. The number of hydrogen-bond donors (Lipinski definition) is 0. The average molecular weight is 403 g/mol. The van der Waals surface area contributed by atoms with Gasteiger partial charge in [-0.05, 0) is 73.6 Å². The first-order valence-electron chi connectivity index (χ1n) is 10.4. The maximum absolute atomic E-state index is 13.6. The van der Waals surface area contributed by atoms with Crippen molar-refractivity contribution in [3.8, 4) is 5.69 Å². The van der Waals surface area contributed by atoms with E-state index in [9.17, 15) is 14.0 Å². The van der Waals surface area contributed by atoms with E-state index in [4.69, 9.17) is 0 Å². The van der Waals surface area contributed by atoms with Crippen LogP contribution < -0.4 is 5.56 Å². The fourth-order valence-electron chi connectivity index (χ4n) is 4.36. The summed E-state index contributed by atoms with van der Waals surface area (Å²) in [6, 6.07) is 16.9. The van der Waals surface area contributed by atoms with E-state index in [1.54, 1.807) is 0 Å². The minimum absolute atomic E-state index is 0.0305. The van der Waals surface area contributed by atoms with E-state index in [2.05, 4.69) is 17.2 Å². The zero-order valence-electron chi connectivity index (χ0n) is 16.5. The molecule has 1 atom stereocenters. The molecule has 0 saturated heterocycles. The van der Waals surface area contributed by atoms with Crippen molar-refractivity contribution < 1.29 is 9.18 Å². The largest absolute Gasteiger partial charge is 0.327 e. The molecular weight excluding hydrogens is 381 g/mol. The van der Waals surface area contributed by atoms with E-state index in [0.29, 0.717) is 5.69 Å². The minimum atomic E-state index is -0.394. The van der Waals surface area contributed by atoms with Crippen molar-refractivity contribution in [1.82, 2.24) is 14.7 Å². The van der Waals surface area contributed by atoms with Crippen LogP contribution in [0.3, 0.4) is 0 Å². The molecule has 2 aromatic carbocycles. The summed E-state index contributed by atoms with van der Waals surface area (Å²) in [5, 5.41) is 4.34. The molecule has 0 N–H and O–H groups in total. The molecule has 0 aliphatic heterocycles. The lowest BCUT2D eigenvalue weighted by atomic mass is 9.86. The first-order valence-corrected chi connectivity index (χ1v) is 10.4. The normalized spacial score (nSPS) is 18.0. The predicted octanol–water partition coefficient (Wildman–Crippen LogP) is 4.05. The SMILES string of the molecule is O=C(c1ccc(=O)n(-c2ccc(F)cc2)n1)N(C1CC1)C1CCCc2ccccc21. The molecule has 5 rings (SSSR count). The topological polar surface area (TPSA) is 55.2 Å². The summed E-state index contributed by atoms with van der Waals surface area (Å²) < 4.78 is 14.4. The van der Waals surface area contributed by atoms with Crippen molar-refractivity contribution >= 4 is 5.91 Å². The molecule has 1 amide bonds. The first kappa shape index (κ1) is 18.7. The number of halogens is 1. The Bertz CT molecular complexity index is 1150. The van der Waals surface area contributed by atoms with Crippen molar-refractivity contribution in [2.45, 2.75) is 44.2 Å². The standard InChI is InChI=1S/C24H22FN3O2/c25-17-8-10-19(11-9-17)28-23(29)15-14-21(26-28)24(30)27(18-12-13-18)22-7-3-5-16-4-1-2-6-20(16)22/h1-2,4,6,8-11,14-15,18,22H,3,5,7,12-13H2. The van der Waals surface area contributed by atoms with Gasteiger partial charge in [0.1, 0.15) is 11.5 Å². The van der Waals surface area contributed by atoms with Crippen LogP contribution in [0.4, 0.5) is 4.39 Å². The molecule has 0 radical (unpaired) electrons. The molecule has 6 heteroatoms. The van der Waals surface area contributed by atoms with E-state index < -0.39 is 5.82 Å². The van der Waals surface area contributed by atoms with Crippen molar-refractivity contribution in [1.29, 1.82) is 0 Å². The van der Waals surface area contributed by atoms with E-state index in [-0.39, 0.29) is 29.2 Å². The number of benzene rings is 2. The molecule has 5 nitrogen and oxygen atoms in total. The van der Waals surface area contributed by atoms with E-state index >= 15 is 0 Å². The summed E-state index contributed by atoms with van der Waals surface area (Å²) >= 11 is 0. The van der Waals surface area contributed by atoms with Gasteiger partial charge in [0, 0.05) is 12.1 Å². The molecule has 1 aromatic heterocycles. The monoisotopic (exact) mass is 403 g/mol. The highest BCUT2D eigenvalue weighted by Crippen LogP contribution is 2.41. The highest BCUT2D eigenvalue weighted by molar-refractivity contribution is 5.93. The Morgan fingerprint density at radius 2 is 1.77 bits per heavy atom. The predicted molar refractivity (Wildman–Crippen MR) is 111 cm³/mol. The number of fused-ring (bicyclic) bond motifs is 1. The number of carbonyl (C=O) groups excluding carboxylic acids is 1. The highest BCUT2D eigenvalue weighted by Gasteiger charge is 2.40. The molecule has 0 bridgehead atoms. The maximum atomic E-state index is 13.6. The molecule has 1 unspecified atom stereocenters. The Labute approximate surface area is 173 Å². The van der Waals surface area contributed by atoms with Crippen LogP contribution in [0.2, 0.25) is 0 Å². The van der Waals surface area contributed by atoms with Crippen molar-refractivity contribution in [2.24, 2.45) is 0 Å². The molecule has 1 heterocycles. The summed E-state index contributed by atoms with van der Waals surface area (Å²) in [7, 11) is 0. The number of aromatic nitrogens is 2. The van der Waals surface area contributed by atoms with Gasteiger partial charge in [-0.3, -0.25) is 9.59 Å². The van der Waals surface area contributed by atoms with Gasteiger partial charge in [0.15, 0.2) is 0 Å². The van der Waals surface area contributed by atoms with Crippen LogP contribution in [-0.2, 0) is 6.42 Å². The van der Waals surface area contributed by atoms with Gasteiger partial charge in [-0.1, -0.05) is 24.3 Å². The Morgan fingerprint density at radius 1 is 1.00 bits per heavy atom. The van der Waals surface area contributed by atoms with Crippen molar-refractivity contribution in [3.05, 3.63) is 93.7 Å². The van der Waals surface area contributed by atoms with Crippen LogP contribution in [-0.4, -0.2) is 26.6 Å². The third-order valence-corrected chi connectivity index (χ3v) is 5.94. The van der Waals surface area contributed by atoms with Gasteiger partial charge in [0.05, 0.1) is 11.7 Å². The van der Waals surface area contributed by atoms with Crippen molar-refractivity contribution in [2.75, 3.05) is 0 Å². The number of amides is 1. The van der Waals surface area contributed by atoms with Gasteiger partial charge in [0.25, 0.3) is 11.5 Å².